The van der Waals surface area contributed by atoms with Crippen LogP contribution in [0.15, 0.2) is 24.3 Å². The van der Waals surface area contributed by atoms with Crippen LogP contribution < -0.4 is 0 Å². The lowest BCUT2D eigenvalue weighted by molar-refractivity contribution is -0.144. The highest BCUT2D eigenvalue weighted by Crippen LogP contribution is 2.33. The van der Waals surface area contributed by atoms with Gasteiger partial charge in [-0.3, -0.25) is 4.79 Å². The van der Waals surface area contributed by atoms with E-state index in [9.17, 15) is 9.90 Å². The molecule has 1 aromatic carbocycles. The summed E-state index contributed by atoms with van der Waals surface area (Å²) in [5.74, 6) is -0.804. The van der Waals surface area contributed by atoms with Crippen LogP contribution in [0.5, 0.6) is 0 Å². The molecule has 1 saturated heterocycles. The van der Waals surface area contributed by atoms with Crippen LogP contribution in [0.4, 0.5) is 0 Å². The smallest absolute Gasteiger partial charge is 0.308 e. The van der Waals surface area contributed by atoms with Gasteiger partial charge in [0.25, 0.3) is 0 Å². The number of likely N-dealkylation sites (tertiary alicyclic amines) is 1. The van der Waals surface area contributed by atoms with Crippen molar-refractivity contribution in [2.75, 3.05) is 20.1 Å². The number of rotatable bonds is 2. The highest BCUT2D eigenvalue weighted by atomic mass is 16.4. The highest BCUT2D eigenvalue weighted by molar-refractivity contribution is 5.72. The largest absolute Gasteiger partial charge is 0.481 e. The van der Waals surface area contributed by atoms with Crippen molar-refractivity contribution in [1.82, 2.24) is 4.90 Å². The fraction of sp³-hybridized carbons (Fsp3) is 0.500. The molecule has 0 bridgehead atoms. The number of piperidine rings is 1. The number of benzene rings is 1. The Morgan fingerprint density at radius 2 is 2.24 bits per heavy atom. The van der Waals surface area contributed by atoms with Crippen LogP contribution in [-0.2, 0) is 4.79 Å². The van der Waals surface area contributed by atoms with Crippen molar-refractivity contribution >= 4 is 5.97 Å². The number of hydrogen-bond acceptors (Lipinski definition) is 2. The third-order valence-corrected chi connectivity index (χ3v) is 3.60. The van der Waals surface area contributed by atoms with Gasteiger partial charge >= 0.3 is 5.97 Å². The fourth-order valence-corrected chi connectivity index (χ4v) is 2.66. The minimum absolute atomic E-state index is 0.156. The van der Waals surface area contributed by atoms with E-state index in [1.807, 2.05) is 26.1 Å². The van der Waals surface area contributed by atoms with Gasteiger partial charge in [-0.05, 0) is 38.4 Å². The highest BCUT2D eigenvalue weighted by Gasteiger charge is 2.33. The van der Waals surface area contributed by atoms with E-state index in [-0.39, 0.29) is 11.8 Å². The SMILES string of the molecule is Cc1cccc(C2CCN(C)CC2C(=O)O)c1. The first-order valence-electron chi connectivity index (χ1n) is 6.06. The predicted octanol–water partition coefficient (Wildman–Crippen LogP) is 2.11. The number of aliphatic carboxylic acids is 1. The molecule has 0 amide bonds. The van der Waals surface area contributed by atoms with Gasteiger partial charge in [0, 0.05) is 6.54 Å². The summed E-state index contributed by atoms with van der Waals surface area (Å²) in [4.78, 5) is 13.4. The monoisotopic (exact) mass is 233 g/mol. The van der Waals surface area contributed by atoms with Gasteiger partial charge in [0.2, 0.25) is 0 Å². The summed E-state index contributed by atoms with van der Waals surface area (Å²) in [6.45, 7) is 3.67. The summed E-state index contributed by atoms with van der Waals surface area (Å²) in [7, 11) is 1.99. The standard InChI is InChI=1S/C14H19NO2/c1-10-4-3-5-11(8-10)12-6-7-15(2)9-13(12)14(16)17/h3-5,8,12-13H,6-7,9H2,1-2H3,(H,16,17). The van der Waals surface area contributed by atoms with E-state index in [0.29, 0.717) is 6.54 Å². The van der Waals surface area contributed by atoms with Gasteiger partial charge in [0.1, 0.15) is 0 Å². The molecule has 2 rings (SSSR count). The van der Waals surface area contributed by atoms with Crippen LogP contribution in [0.3, 0.4) is 0 Å². The lowest BCUT2D eigenvalue weighted by atomic mass is 9.80. The molecular weight excluding hydrogens is 214 g/mol. The molecule has 17 heavy (non-hydrogen) atoms. The molecule has 92 valence electrons. The molecular formula is C14H19NO2. The van der Waals surface area contributed by atoms with Gasteiger partial charge in [-0.15, -0.1) is 0 Å². The average molecular weight is 233 g/mol. The molecule has 1 aliphatic rings. The van der Waals surface area contributed by atoms with Crippen molar-refractivity contribution in [3.8, 4) is 0 Å². The van der Waals surface area contributed by atoms with E-state index < -0.39 is 5.97 Å². The van der Waals surface area contributed by atoms with Crippen molar-refractivity contribution in [2.45, 2.75) is 19.3 Å². The molecule has 0 aliphatic carbocycles. The number of aryl methyl sites for hydroxylation is 1. The number of carboxylic acids is 1. The molecule has 0 spiro atoms. The van der Waals surface area contributed by atoms with Crippen molar-refractivity contribution in [3.05, 3.63) is 35.4 Å². The third kappa shape index (κ3) is 2.67. The van der Waals surface area contributed by atoms with E-state index >= 15 is 0 Å². The predicted molar refractivity (Wildman–Crippen MR) is 67.2 cm³/mol. The van der Waals surface area contributed by atoms with Gasteiger partial charge in [-0.25, -0.2) is 0 Å². The third-order valence-electron chi connectivity index (χ3n) is 3.60. The van der Waals surface area contributed by atoms with Gasteiger partial charge in [-0.2, -0.15) is 0 Å². The first-order valence-corrected chi connectivity index (χ1v) is 6.06. The topological polar surface area (TPSA) is 40.5 Å². The zero-order valence-electron chi connectivity index (χ0n) is 10.4. The Labute approximate surface area is 102 Å². The van der Waals surface area contributed by atoms with Gasteiger partial charge in [0.15, 0.2) is 0 Å². The summed E-state index contributed by atoms with van der Waals surface area (Å²) in [5, 5.41) is 9.33. The van der Waals surface area contributed by atoms with Crippen LogP contribution in [0, 0.1) is 12.8 Å². The number of carboxylic acid groups (broad SMARTS) is 1. The molecule has 0 aromatic heterocycles. The molecule has 1 N–H and O–H groups in total. The Morgan fingerprint density at radius 3 is 2.88 bits per heavy atom. The molecule has 0 saturated carbocycles. The van der Waals surface area contributed by atoms with Crippen LogP contribution >= 0.6 is 0 Å². The normalized spacial score (nSPS) is 25.8. The maximum atomic E-state index is 11.3. The molecule has 2 atom stereocenters. The summed E-state index contributed by atoms with van der Waals surface area (Å²) in [5.41, 5.74) is 2.37. The average Bonchev–Trinajstić information content (AvgIpc) is 2.28. The second-order valence-corrected chi connectivity index (χ2v) is 5.02. The van der Waals surface area contributed by atoms with Crippen LogP contribution in [-0.4, -0.2) is 36.1 Å². The van der Waals surface area contributed by atoms with E-state index in [0.717, 1.165) is 13.0 Å². The Morgan fingerprint density at radius 1 is 1.47 bits per heavy atom. The van der Waals surface area contributed by atoms with E-state index in [2.05, 4.69) is 17.0 Å². The quantitative estimate of drug-likeness (QED) is 0.850. The Hall–Kier alpha value is -1.35. The first-order chi connectivity index (χ1) is 8.08. The summed E-state index contributed by atoms with van der Waals surface area (Å²) >= 11 is 0. The molecule has 3 heteroatoms. The Bertz CT molecular complexity index is 416. The molecule has 1 fully saturated rings. The molecule has 1 aliphatic heterocycles. The van der Waals surface area contributed by atoms with Crippen LogP contribution in [0.1, 0.15) is 23.5 Å². The molecule has 0 radical (unpaired) electrons. The minimum Gasteiger partial charge on any atom is -0.481 e. The molecule has 1 heterocycles. The Balaban J connectivity index is 2.26. The Kier molecular flexibility index (Phi) is 3.48. The maximum absolute atomic E-state index is 11.3. The second kappa shape index (κ2) is 4.88. The molecule has 2 unspecified atom stereocenters. The first kappa shape index (κ1) is 12.1. The van der Waals surface area contributed by atoms with Gasteiger partial charge < -0.3 is 10.0 Å². The summed E-state index contributed by atoms with van der Waals surface area (Å²) in [6, 6.07) is 8.24. The van der Waals surface area contributed by atoms with Crippen LogP contribution in [0.25, 0.3) is 0 Å². The zero-order valence-corrected chi connectivity index (χ0v) is 10.4. The molecule has 3 nitrogen and oxygen atoms in total. The lowest BCUT2D eigenvalue weighted by Crippen LogP contribution is -2.40. The van der Waals surface area contributed by atoms with Crippen molar-refractivity contribution in [1.29, 1.82) is 0 Å². The van der Waals surface area contributed by atoms with Crippen molar-refractivity contribution in [3.63, 3.8) is 0 Å². The van der Waals surface area contributed by atoms with Gasteiger partial charge in [-0.1, -0.05) is 29.8 Å². The number of carbonyl (C=O) groups is 1. The van der Waals surface area contributed by atoms with Gasteiger partial charge in [0.05, 0.1) is 5.92 Å². The summed E-state index contributed by atoms with van der Waals surface area (Å²) < 4.78 is 0. The van der Waals surface area contributed by atoms with E-state index in [1.54, 1.807) is 0 Å². The minimum atomic E-state index is -0.678. The number of nitrogens with zero attached hydrogens (tertiary/aromatic N) is 1. The summed E-state index contributed by atoms with van der Waals surface area (Å²) in [6.07, 6.45) is 0.928. The maximum Gasteiger partial charge on any atom is 0.308 e. The fourth-order valence-electron chi connectivity index (χ4n) is 2.66. The number of hydrogen-bond donors (Lipinski definition) is 1. The lowest BCUT2D eigenvalue weighted by Gasteiger charge is -2.34. The van der Waals surface area contributed by atoms with Crippen molar-refractivity contribution < 1.29 is 9.90 Å². The zero-order chi connectivity index (χ0) is 12.4. The van der Waals surface area contributed by atoms with Crippen molar-refractivity contribution in [2.24, 2.45) is 5.92 Å². The van der Waals surface area contributed by atoms with E-state index in [4.69, 9.17) is 0 Å². The molecule has 1 aromatic rings. The van der Waals surface area contributed by atoms with E-state index in [1.165, 1.54) is 11.1 Å². The van der Waals surface area contributed by atoms with Crippen LogP contribution in [0.2, 0.25) is 0 Å². The second-order valence-electron chi connectivity index (χ2n) is 5.02.